The summed E-state index contributed by atoms with van der Waals surface area (Å²) >= 11 is 1.57. The summed E-state index contributed by atoms with van der Waals surface area (Å²) in [5, 5.41) is 13.9. The lowest BCUT2D eigenvalue weighted by Gasteiger charge is -2.27. The molecule has 0 aliphatic rings. The summed E-state index contributed by atoms with van der Waals surface area (Å²) in [6.45, 7) is 5.81. The Morgan fingerprint density at radius 1 is 1.12 bits per heavy atom. The number of rotatable bonds is 7. The van der Waals surface area contributed by atoms with Crippen molar-refractivity contribution in [2.45, 2.75) is 37.3 Å². The van der Waals surface area contributed by atoms with Crippen LogP contribution in [0.5, 0.6) is 5.75 Å². The molecular formula is C21H27NO3S. The molecule has 2 rings (SSSR count). The predicted octanol–water partition coefficient (Wildman–Crippen LogP) is 4.05. The second kappa shape index (κ2) is 9.10. The molecule has 2 atom stereocenters. The fraction of sp³-hybridized carbons (Fsp3) is 0.381. The highest BCUT2D eigenvalue weighted by Gasteiger charge is 2.30. The molecule has 2 aromatic carbocycles. The second-order valence-electron chi connectivity index (χ2n) is 7.19. The number of hydrogen-bond donors (Lipinski definition) is 2. The molecule has 2 N–H and O–H groups in total. The van der Waals surface area contributed by atoms with Gasteiger partial charge >= 0.3 is 0 Å². The van der Waals surface area contributed by atoms with Gasteiger partial charge in [0.1, 0.15) is 5.75 Å². The highest BCUT2D eigenvalue weighted by molar-refractivity contribution is 7.99. The Morgan fingerprint density at radius 2 is 1.73 bits per heavy atom. The topological polar surface area (TPSA) is 58.6 Å². The van der Waals surface area contributed by atoms with Gasteiger partial charge in [-0.3, -0.25) is 4.79 Å². The predicted molar refractivity (Wildman–Crippen MR) is 107 cm³/mol. The molecule has 0 fully saturated rings. The summed E-state index contributed by atoms with van der Waals surface area (Å²) in [5.41, 5.74) is 0.348. The minimum absolute atomic E-state index is 0.149. The van der Waals surface area contributed by atoms with Crippen LogP contribution < -0.4 is 10.1 Å². The van der Waals surface area contributed by atoms with E-state index in [-0.39, 0.29) is 11.4 Å². The first-order chi connectivity index (χ1) is 12.3. The molecular weight excluding hydrogens is 346 g/mol. The summed E-state index contributed by atoms with van der Waals surface area (Å²) in [5.74, 6) is 0.492. The number of thioether (sulfide) groups is 1. The van der Waals surface area contributed by atoms with Crippen molar-refractivity contribution in [3.05, 3.63) is 60.2 Å². The van der Waals surface area contributed by atoms with Crippen LogP contribution in [0.2, 0.25) is 0 Å². The van der Waals surface area contributed by atoms with E-state index in [1.807, 2.05) is 51.1 Å². The van der Waals surface area contributed by atoms with Gasteiger partial charge in [-0.25, -0.2) is 0 Å². The van der Waals surface area contributed by atoms with Gasteiger partial charge in [-0.2, -0.15) is 0 Å². The van der Waals surface area contributed by atoms with Gasteiger partial charge in [0.05, 0.1) is 19.1 Å². The molecule has 0 aliphatic heterocycles. The molecule has 0 bridgehead atoms. The summed E-state index contributed by atoms with van der Waals surface area (Å²) in [7, 11) is 1.60. The number of methoxy groups -OCH3 is 1. The number of aliphatic hydroxyl groups excluding tert-OH is 1. The fourth-order valence-electron chi connectivity index (χ4n) is 2.51. The lowest BCUT2D eigenvalue weighted by Crippen LogP contribution is -2.46. The van der Waals surface area contributed by atoms with Crippen LogP contribution >= 0.6 is 11.8 Å². The average Bonchev–Trinajstić information content (AvgIpc) is 2.61. The fourth-order valence-corrected chi connectivity index (χ4v) is 3.56. The summed E-state index contributed by atoms with van der Waals surface area (Å²) in [4.78, 5) is 13.9. The van der Waals surface area contributed by atoms with E-state index < -0.39 is 12.0 Å². The van der Waals surface area contributed by atoms with Crippen molar-refractivity contribution >= 4 is 17.7 Å². The number of aliphatic hydroxyl groups is 1. The molecule has 1 amide bonds. The number of carbonyl (C=O) groups is 1. The van der Waals surface area contributed by atoms with E-state index in [1.54, 1.807) is 43.1 Å². The van der Waals surface area contributed by atoms with Gasteiger partial charge in [-0.1, -0.05) is 30.3 Å². The van der Waals surface area contributed by atoms with Gasteiger partial charge in [-0.05, 0) is 50.6 Å². The van der Waals surface area contributed by atoms with Crippen LogP contribution in [0.25, 0.3) is 0 Å². The molecule has 4 nitrogen and oxygen atoms in total. The van der Waals surface area contributed by atoms with Crippen LogP contribution in [0.4, 0.5) is 0 Å². The van der Waals surface area contributed by atoms with Gasteiger partial charge in [0.15, 0.2) is 0 Å². The lowest BCUT2D eigenvalue weighted by atomic mass is 9.95. The third-order valence-electron chi connectivity index (χ3n) is 3.85. The molecule has 0 aromatic heterocycles. The van der Waals surface area contributed by atoms with Crippen molar-refractivity contribution in [2.24, 2.45) is 5.92 Å². The maximum absolute atomic E-state index is 12.8. The Balaban J connectivity index is 2.18. The molecule has 0 radical (unpaired) electrons. The van der Waals surface area contributed by atoms with Crippen LogP contribution in [0, 0.1) is 5.92 Å². The Morgan fingerprint density at radius 3 is 2.27 bits per heavy atom. The van der Waals surface area contributed by atoms with Crippen LogP contribution in [-0.4, -0.2) is 29.4 Å². The smallest absolute Gasteiger partial charge is 0.227 e. The Kier molecular flexibility index (Phi) is 7.12. The van der Waals surface area contributed by atoms with Crippen LogP contribution in [0.1, 0.15) is 32.4 Å². The van der Waals surface area contributed by atoms with Gasteiger partial charge in [0, 0.05) is 16.2 Å². The molecule has 140 valence electrons. The van der Waals surface area contributed by atoms with E-state index in [0.717, 1.165) is 10.6 Å². The molecule has 0 unspecified atom stereocenters. The summed E-state index contributed by atoms with van der Waals surface area (Å²) < 4.78 is 5.16. The Labute approximate surface area is 160 Å². The lowest BCUT2D eigenvalue weighted by molar-refractivity contribution is -0.129. The molecule has 0 aliphatic carbocycles. The number of benzene rings is 2. The monoisotopic (exact) mass is 373 g/mol. The third-order valence-corrected chi connectivity index (χ3v) is 4.98. The van der Waals surface area contributed by atoms with E-state index in [0.29, 0.717) is 11.3 Å². The minimum Gasteiger partial charge on any atom is -0.497 e. The number of carbonyl (C=O) groups excluding carboxylic acids is 1. The van der Waals surface area contributed by atoms with E-state index in [9.17, 15) is 9.90 Å². The normalized spacial score (nSPS) is 13.7. The number of nitrogens with one attached hydrogen (secondary N) is 1. The number of amides is 1. The number of ether oxygens (including phenoxy) is 1. The van der Waals surface area contributed by atoms with Crippen molar-refractivity contribution in [3.8, 4) is 5.75 Å². The molecule has 0 heterocycles. The molecule has 2 aromatic rings. The third kappa shape index (κ3) is 6.07. The Hall–Kier alpha value is -1.98. The number of hydrogen-bond acceptors (Lipinski definition) is 4. The first kappa shape index (κ1) is 20.3. The highest BCUT2D eigenvalue weighted by atomic mass is 32.2. The SMILES string of the molecule is COc1ccc([C@@H](O)[C@H](CSc2ccccc2)C(=O)NC(C)(C)C)cc1. The van der Waals surface area contributed by atoms with E-state index in [4.69, 9.17) is 4.74 Å². The largest absolute Gasteiger partial charge is 0.497 e. The van der Waals surface area contributed by atoms with Gasteiger partial charge in [0.25, 0.3) is 0 Å². The maximum atomic E-state index is 12.8. The maximum Gasteiger partial charge on any atom is 0.227 e. The minimum atomic E-state index is -0.889. The molecule has 26 heavy (non-hydrogen) atoms. The highest BCUT2D eigenvalue weighted by Crippen LogP contribution is 2.30. The van der Waals surface area contributed by atoms with Gasteiger partial charge in [0.2, 0.25) is 5.91 Å². The van der Waals surface area contributed by atoms with Crippen LogP contribution in [-0.2, 0) is 4.79 Å². The first-order valence-corrected chi connectivity index (χ1v) is 9.60. The van der Waals surface area contributed by atoms with E-state index in [1.165, 1.54) is 0 Å². The Bertz CT molecular complexity index is 695. The zero-order valence-electron chi connectivity index (χ0n) is 15.7. The molecule has 0 saturated heterocycles. The first-order valence-electron chi connectivity index (χ1n) is 8.62. The standard InChI is InChI=1S/C21H27NO3S/c1-21(2,3)22-20(24)18(14-26-17-8-6-5-7-9-17)19(23)15-10-12-16(25-4)13-11-15/h5-13,18-19,23H,14H2,1-4H3,(H,22,24)/t18-,19+/m0/s1. The van der Waals surface area contributed by atoms with Crippen molar-refractivity contribution < 1.29 is 14.6 Å². The van der Waals surface area contributed by atoms with Crippen molar-refractivity contribution in [2.75, 3.05) is 12.9 Å². The van der Waals surface area contributed by atoms with Crippen molar-refractivity contribution in [1.82, 2.24) is 5.32 Å². The zero-order valence-corrected chi connectivity index (χ0v) is 16.5. The quantitative estimate of drug-likeness (QED) is 0.719. The van der Waals surface area contributed by atoms with Crippen molar-refractivity contribution in [1.29, 1.82) is 0 Å². The zero-order chi connectivity index (χ0) is 19.2. The van der Waals surface area contributed by atoms with Crippen molar-refractivity contribution in [3.63, 3.8) is 0 Å². The van der Waals surface area contributed by atoms with E-state index >= 15 is 0 Å². The molecule has 5 heteroatoms. The van der Waals surface area contributed by atoms with Crippen LogP contribution in [0.3, 0.4) is 0 Å². The molecule has 0 spiro atoms. The van der Waals surface area contributed by atoms with Crippen LogP contribution in [0.15, 0.2) is 59.5 Å². The van der Waals surface area contributed by atoms with E-state index in [2.05, 4.69) is 5.32 Å². The average molecular weight is 374 g/mol. The second-order valence-corrected chi connectivity index (χ2v) is 8.28. The summed E-state index contributed by atoms with van der Waals surface area (Å²) in [6, 6.07) is 17.1. The molecule has 0 saturated carbocycles. The van der Waals surface area contributed by atoms with Gasteiger partial charge in [-0.15, -0.1) is 11.8 Å². The summed E-state index contributed by atoms with van der Waals surface area (Å²) in [6.07, 6.45) is -0.889. The van der Waals surface area contributed by atoms with Gasteiger partial charge < -0.3 is 15.2 Å².